The quantitative estimate of drug-likeness (QED) is 0.475. The van der Waals surface area contributed by atoms with Crippen LogP contribution < -0.4 is 5.32 Å². The largest absolute Gasteiger partial charge is 0.480 e. The average molecular weight is 241 g/mol. The fourth-order valence-corrected chi connectivity index (χ4v) is 1.19. The molecule has 0 aromatic heterocycles. The molecule has 0 aliphatic heterocycles. The van der Waals surface area contributed by atoms with Crippen molar-refractivity contribution < 1.29 is 19.8 Å². The summed E-state index contributed by atoms with van der Waals surface area (Å²) in [5.41, 5.74) is 0.976. The summed E-state index contributed by atoms with van der Waals surface area (Å²) in [7, 11) is 0. The molecule has 0 unspecified atom stereocenters. The Balaban J connectivity index is 4.49. The molecule has 1 amide bonds. The molecule has 0 fully saturated rings. The number of carboxylic acid groups (broad SMARTS) is 1. The molecule has 0 heterocycles. The van der Waals surface area contributed by atoms with Crippen molar-refractivity contribution in [3.8, 4) is 0 Å². The van der Waals surface area contributed by atoms with Crippen molar-refractivity contribution in [2.45, 2.75) is 39.3 Å². The first-order valence-electron chi connectivity index (χ1n) is 5.47. The van der Waals surface area contributed by atoms with Gasteiger partial charge in [-0.3, -0.25) is 4.79 Å². The van der Waals surface area contributed by atoms with Gasteiger partial charge in [-0.05, 0) is 20.3 Å². The van der Waals surface area contributed by atoms with Crippen LogP contribution in [0.3, 0.4) is 0 Å². The number of rotatable bonds is 6. The molecule has 3 N–H and O–H groups in total. The van der Waals surface area contributed by atoms with Gasteiger partial charge in [0.25, 0.3) is 0 Å². The first-order chi connectivity index (χ1) is 7.92. The van der Waals surface area contributed by atoms with E-state index in [1.165, 1.54) is 13.0 Å². The summed E-state index contributed by atoms with van der Waals surface area (Å²) in [6.07, 6.45) is 4.40. The van der Waals surface area contributed by atoms with Gasteiger partial charge in [-0.2, -0.15) is 0 Å². The molecule has 0 spiro atoms. The van der Waals surface area contributed by atoms with Gasteiger partial charge in [0, 0.05) is 6.08 Å². The number of carboxylic acids is 1. The second-order valence-electron chi connectivity index (χ2n) is 3.62. The number of carbonyl (C=O) groups excluding carboxylic acids is 1. The fourth-order valence-electron chi connectivity index (χ4n) is 1.19. The third kappa shape index (κ3) is 5.87. The van der Waals surface area contributed by atoms with E-state index < -0.39 is 24.0 Å². The van der Waals surface area contributed by atoms with Crippen LogP contribution in [0.2, 0.25) is 0 Å². The topological polar surface area (TPSA) is 86.6 Å². The highest BCUT2D eigenvalue weighted by atomic mass is 16.4. The molecule has 0 rings (SSSR count). The number of nitrogens with one attached hydrogen (secondary N) is 1. The lowest BCUT2D eigenvalue weighted by atomic mass is 10.1. The van der Waals surface area contributed by atoms with Crippen LogP contribution in [-0.4, -0.2) is 34.2 Å². The number of carbonyl (C=O) groups is 2. The zero-order chi connectivity index (χ0) is 13.4. The summed E-state index contributed by atoms with van der Waals surface area (Å²) in [4.78, 5) is 22.1. The summed E-state index contributed by atoms with van der Waals surface area (Å²) >= 11 is 0. The van der Waals surface area contributed by atoms with Crippen LogP contribution >= 0.6 is 0 Å². The molecule has 0 radical (unpaired) electrons. The monoisotopic (exact) mass is 241 g/mol. The van der Waals surface area contributed by atoms with Crippen LogP contribution in [0.25, 0.3) is 0 Å². The molecule has 0 saturated carbocycles. The third-order valence-corrected chi connectivity index (χ3v) is 2.27. The number of amides is 1. The lowest BCUT2D eigenvalue weighted by Crippen LogP contribution is -2.47. The Bertz CT molecular complexity index is 331. The fraction of sp³-hybridized carbons (Fsp3) is 0.500. The molecule has 5 heteroatoms. The summed E-state index contributed by atoms with van der Waals surface area (Å²) < 4.78 is 0. The molecule has 2 atom stereocenters. The van der Waals surface area contributed by atoms with Crippen LogP contribution in [0.1, 0.15) is 27.2 Å². The van der Waals surface area contributed by atoms with Gasteiger partial charge in [0.05, 0.1) is 6.10 Å². The lowest BCUT2D eigenvalue weighted by Gasteiger charge is -2.15. The highest BCUT2D eigenvalue weighted by Crippen LogP contribution is 2.01. The predicted octanol–water partition coefficient (Wildman–Crippen LogP) is 0.849. The van der Waals surface area contributed by atoms with Gasteiger partial charge in [-0.25, -0.2) is 4.79 Å². The van der Waals surface area contributed by atoms with E-state index in [2.05, 4.69) is 5.32 Å². The van der Waals surface area contributed by atoms with Crippen molar-refractivity contribution >= 4 is 11.9 Å². The summed E-state index contributed by atoms with van der Waals surface area (Å²) in [5, 5.41) is 20.1. The maximum Gasteiger partial charge on any atom is 0.328 e. The number of allylic oxidation sites excluding steroid dienone is 3. The van der Waals surface area contributed by atoms with Gasteiger partial charge < -0.3 is 15.5 Å². The highest BCUT2D eigenvalue weighted by Gasteiger charge is 2.23. The van der Waals surface area contributed by atoms with Crippen molar-refractivity contribution in [3.05, 3.63) is 23.8 Å². The van der Waals surface area contributed by atoms with Crippen molar-refractivity contribution in [3.63, 3.8) is 0 Å². The Morgan fingerprint density at radius 1 is 1.35 bits per heavy atom. The summed E-state index contributed by atoms with van der Waals surface area (Å²) in [6, 6.07) is -1.29. The van der Waals surface area contributed by atoms with Gasteiger partial charge in [-0.15, -0.1) is 0 Å². The van der Waals surface area contributed by atoms with E-state index in [1.807, 2.05) is 19.9 Å². The molecule has 0 bridgehead atoms. The SMILES string of the molecule is C/C=C(/C=C/C(=O)N[C@H](C(=O)O)[C@@H](C)O)CC. The molecule has 0 aliphatic rings. The minimum Gasteiger partial charge on any atom is -0.480 e. The Morgan fingerprint density at radius 2 is 1.94 bits per heavy atom. The average Bonchev–Trinajstić information content (AvgIpc) is 2.26. The van der Waals surface area contributed by atoms with E-state index in [0.717, 1.165) is 12.0 Å². The zero-order valence-corrected chi connectivity index (χ0v) is 10.3. The number of hydrogen-bond acceptors (Lipinski definition) is 3. The van der Waals surface area contributed by atoms with E-state index in [9.17, 15) is 14.7 Å². The van der Waals surface area contributed by atoms with E-state index >= 15 is 0 Å². The van der Waals surface area contributed by atoms with Crippen molar-refractivity contribution in [2.75, 3.05) is 0 Å². The number of aliphatic carboxylic acids is 1. The van der Waals surface area contributed by atoms with E-state index in [0.29, 0.717) is 0 Å². The van der Waals surface area contributed by atoms with Gasteiger partial charge in [0.2, 0.25) is 5.91 Å². The molecule has 0 aliphatic carbocycles. The molecule has 17 heavy (non-hydrogen) atoms. The molecular weight excluding hydrogens is 222 g/mol. The van der Waals surface area contributed by atoms with E-state index in [1.54, 1.807) is 6.08 Å². The lowest BCUT2D eigenvalue weighted by molar-refractivity contribution is -0.144. The van der Waals surface area contributed by atoms with Gasteiger partial charge in [-0.1, -0.05) is 24.6 Å². The van der Waals surface area contributed by atoms with E-state index in [-0.39, 0.29) is 0 Å². The Morgan fingerprint density at radius 3 is 2.29 bits per heavy atom. The normalized spacial score (nSPS) is 15.6. The first-order valence-corrected chi connectivity index (χ1v) is 5.47. The Labute approximate surface area is 101 Å². The standard InChI is InChI=1S/C12H19NO4/c1-4-9(5-2)6-7-10(15)13-11(8(3)14)12(16)17/h4,6-8,11,14H,5H2,1-3H3,(H,13,15)(H,16,17)/b7-6+,9-4+/t8-,11+/m1/s1. The molecule has 0 aromatic rings. The van der Waals surface area contributed by atoms with Gasteiger partial charge in [0.1, 0.15) is 0 Å². The zero-order valence-electron chi connectivity index (χ0n) is 10.3. The molecule has 0 aromatic carbocycles. The second kappa shape index (κ2) is 7.62. The summed E-state index contributed by atoms with van der Waals surface area (Å²) in [5.74, 6) is -1.80. The van der Waals surface area contributed by atoms with Gasteiger partial charge in [0.15, 0.2) is 6.04 Å². The number of aliphatic hydroxyl groups excluding tert-OH is 1. The second-order valence-corrected chi connectivity index (χ2v) is 3.62. The first kappa shape index (κ1) is 15.4. The van der Waals surface area contributed by atoms with Gasteiger partial charge >= 0.3 is 5.97 Å². The predicted molar refractivity (Wildman–Crippen MR) is 64.4 cm³/mol. The highest BCUT2D eigenvalue weighted by molar-refractivity contribution is 5.91. The van der Waals surface area contributed by atoms with Crippen LogP contribution in [0.5, 0.6) is 0 Å². The maximum absolute atomic E-state index is 11.4. The van der Waals surface area contributed by atoms with Crippen molar-refractivity contribution in [2.24, 2.45) is 0 Å². The molecule has 5 nitrogen and oxygen atoms in total. The minimum absolute atomic E-state index is 0.536. The number of hydrogen-bond donors (Lipinski definition) is 3. The summed E-state index contributed by atoms with van der Waals surface area (Å²) in [6.45, 7) is 5.12. The molecule has 0 saturated heterocycles. The van der Waals surface area contributed by atoms with E-state index in [4.69, 9.17) is 5.11 Å². The molecular formula is C12H19NO4. The minimum atomic E-state index is -1.29. The van der Waals surface area contributed by atoms with Crippen LogP contribution in [0.4, 0.5) is 0 Å². The smallest absolute Gasteiger partial charge is 0.328 e. The number of aliphatic hydroxyl groups is 1. The van der Waals surface area contributed by atoms with Crippen LogP contribution in [0, 0.1) is 0 Å². The maximum atomic E-state index is 11.4. The van der Waals surface area contributed by atoms with Crippen molar-refractivity contribution in [1.29, 1.82) is 0 Å². The van der Waals surface area contributed by atoms with Crippen LogP contribution in [-0.2, 0) is 9.59 Å². The van der Waals surface area contributed by atoms with Crippen LogP contribution in [0.15, 0.2) is 23.8 Å². The Hall–Kier alpha value is -1.62. The van der Waals surface area contributed by atoms with Crippen molar-refractivity contribution in [1.82, 2.24) is 5.32 Å². The third-order valence-electron chi connectivity index (χ3n) is 2.27. The molecule has 96 valence electrons. The Kier molecular flexibility index (Phi) is 6.89.